The predicted molar refractivity (Wildman–Crippen MR) is 151 cm³/mol. The molecular weight excluding hydrogens is 480 g/mol. The lowest BCUT2D eigenvalue weighted by Crippen LogP contribution is -2.30. The van der Waals surface area contributed by atoms with Gasteiger partial charge in [-0.3, -0.25) is 9.59 Å². The summed E-state index contributed by atoms with van der Waals surface area (Å²) >= 11 is 1.36. The number of aromatic nitrogens is 1. The SMILES string of the molecule is O=C(CNCCc1c[nH]c2ccccc12)Nc1scc(-c2ccccc2)c1C(=O)NCc1ccccc1. The number of carbonyl (C=O) groups is 2. The second kappa shape index (κ2) is 11.7. The van der Waals surface area contributed by atoms with Crippen LogP contribution in [0.3, 0.4) is 0 Å². The number of para-hydroxylation sites is 1. The average Bonchev–Trinajstić information content (AvgIpc) is 3.55. The van der Waals surface area contributed by atoms with Crippen molar-refractivity contribution in [1.82, 2.24) is 15.6 Å². The second-order valence-electron chi connectivity index (χ2n) is 8.72. The molecule has 0 saturated carbocycles. The van der Waals surface area contributed by atoms with Crippen LogP contribution in [0.1, 0.15) is 21.5 Å². The molecule has 0 bridgehead atoms. The number of rotatable bonds is 10. The van der Waals surface area contributed by atoms with Crippen molar-refractivity contribution in [1.29, 1.82) is 0 Å². The first-order valence-corrected chi connectivity index (χ1v) is 13.1. The molecule has 37 heavy (non-hydrogen) atoms. The molecule has 0 radical (unpaired) electrons. The lowest BCUT2D eigenvalue weighted by Gasteiger charge is -2.11. The quantitative estimate of drug-likeness (QED) is 0.185. The van der Waals surface area contributed by atoms with Crippen LogP contribution in [0.4, 0.5) is 5.00 Å². The van der Waals surface area contributed by atoms with E-state index in [1.54, 1.807) is 0 Å². The summed E-state index contributed by atoms with van der Waals surface area (Å²) in [6.07, 6.45) is 2.82. The maximum Gasteiger partial charge on any atom is 0.255 e. The zero-order valence-electron chi connectivity index (χ0n) is 20.3. The van der Waals surface area contributed by atoms with Gasteiger partial charge in [0.2, 0.25) is 5.91 Å². The predicted octanol–water partition coefficient (Wildman–Crippen LogP) is 5.60. The van der Waals surface area contributed by atoms with Gasteiger partial charge >= 0.3 is 0 Å². The third-order valence-corrected chi connectivity index (χ3v) is 7.08. The topological polar surface area (TPSA) is 86.0 Å². The molecule has 5 rings (SSSR count). The molecule has 0 aliphatic carbocycles. The van der Waals surface area contributed by atoms with E-state index in [0.29, 0.717) is 23.7 Å². The molecule has 186 valence electrons. The standard InChI is InChI=1S/C30H28N4O2S/c35-27(19-31-16-15-23-18-32-26-14-8-7-13-24(23)26)34-30-28(25(20-37-30)22-11-5-2-6-12-22)29(36)33-17-21-9-3-1-4-10-21/h1-14,18,20,31-32H,15-17,19H2,(H,33,36)(H,34,35). The van der Waals surface area contributed by atoms with Crippen LogP contribution in [0, 0.1) is 0 Å². The van der Waals surface area contributed by atoms with Gasteiger partial charge < -0.3 is 20.9 Å². The normalized spacial score (nSPS) is 10.9. The van der Waals surface area contributed by atoms with Gasteiger partial charge in [0.25, 0.3) is 5.91 Å². The summed E-state index contributed by atoms with van der Waals surface area (Å²) in [5, 5.41) is 12.9. The van der Waals surface area contributed by atoms with Gasteiger partial charge in [-0.1, -0.05) is 78.9 Å². The molecule has 0 unspecified atom stereocenters. The smallest absolute Gasteiger partial charge is 0.255 e. The van der Waals surface area contributed by atoms with Crippen molar-refractivity contribution in [2.45, 2.75) is 13.0 Å². The Morgan fingerprint density at radius 3 is 2.41 bits per heavy atom. The van der Waals surface area contributed by atoms with Crippen LogP contribution in [0.15, 0.2) is 96.5 Å². The Morgan fingerprint density at radius 2 is 1.59 bits per heavy atom. The van der Waals surface area contributed by atoms with Gasteiger partial charge in [-0.05, 0) is 35.7 Å². The van der Waals surface area contributed by atoms with Gasteiger partial charge in [0.1, 0.15) is 5.00 Å². The number of hydrogen-bond acceptors (Lipinski definition) is 4. The van der Waals surface area contributed by atoms with Crippen LogP contribution in [-0.2, 0) is 17.8 Å². The number of H-pyrrole nitrogens is 1. The lowest BCUT2D eigenvalue weighted by atomic mass is 10.0. The van der Waals surface area contributed by atoms with Crippen LogP contribution < -0.4 is 16.0 Å². The molecule has 0 aliphatic heterocycles. The van der Waals surface area contributed by atoms with E-state index in [1.807, 2.05) is 84.4 Å². The highest BCUT2D eigenvalue weighted by Gasteiger charge is 2.21. The summed E-state index contributed by atoms with van der Waals surface area (Å²) in [7, 11) is 0. The monoisotopic (exact) mass is 508 g/mol. The van der Waals surface area contributed by atoms with E-state index in [9.17, 15) is 9.59 Å². The zero-order chi connectivity index (χ0) is 25.5. The fourth-order valence-electron chi connectivity index (χ4n) is 4.31. The number of carbonyl (C=O) groups excluding carboxylic acids is 2. The van der Waals surface area contributed by atoms with E-state index < -0.39 is 0 Å². The van der Waals surface area contributed by atoms with Crippen molar-refractivity contribution in [2.75, 3.05) is 18.4 Å². The van der Waals surface area contributed by atoms with Gasteiger partial charge in [0, 0.05) is 34.6 Å². The van der Waals surface area contributed by atoms with Crippen molar-refractivity contribution < 1.29 is 9.59 Å². The average molecular weight is 509 g/mol. The Morgan fingerprint density at radius 1 is 0.865 bits per heavy atom. The highest BCUT2D eigenvalue weighted by Crippen LogP contribution is 2.35. The number of hydrogen-bond donors (Lipinski definition) is 4. The number of thiophene rings is 1. The number of fused-ring (bicyclic) bond motifs is 1. The summed E-state index contributed by atoms with van der Waals surface area (Å²) in [5.41, 5.74) is 5.56. The molecule has 0 spiro atoms. The lowest BCUT2D eigenvalue weighted by molar-refractivity contribution is -0.115. The van der Waals surface area contributed by atoms with Gasteiger partial charge in [0.15, 0.2) is 0 Å². The third-order valence-electron chi connectivity index (χ3n) is 6.18. The molecule has 4 N–H and O–H groups in total. The first kappa shape index (κ1) is 24.5. The summed E-state index contributed by atoms with van der Waals surface area (Å²) in [6, 6.07) is 27.7. The fourth-order valence-corrected chi connectivity index (χ4v) is 5.29. The molecule has 0 aliphatic rings. The summed E-state index contributed by atoms with van der Waals surface area (Å²) in [6.45, 7) is 1.23. The van der Waals surface area contributed by atoms with E-state index >= 15 is 0 Å². The number of nitrogens with one attached hydrogen (secondary N) is 4. The molecule has 5 aromatic rings. The van der Waals surface area contributed by atoms with E-state index in [2.05, 4.69) is 33.1 Å². The molecule has 6 nitrogen and oxygen atoms in total. The van der Waals surface area contributed by atoms with Crippen LogP contribution in [0.5, 0.6) is 0 Å². The molecule has 3 aromatic carbocycles. The number of amides is 2. The maximum absolute atomic E-state index is 13.3. The minimum absolute atomic E-state index is 0.159. The van der Waals surface area contributed by atoms with Crippen molar-refractivity contribution in [3.05, 3.63) is 113 Å². The Kier molecular flexibility index (Phi) is 7.74. The van der Waals surface area contributed by atoms with Crippen LogP contribution >= 0.6 is 11.3 Å². The number of benzene rings is 3. The molecule has 0 fully saturated rings. The summed E-state index contributed by atoms with van der Waals surface area (Å²) < 4.78 is 0. The molecular formula is C30H28N4O2S. The van der Waals surface area contributed by atoms with Gasteiger partial charge in [-0.25, -0.2) is 0 Å². The minimum atomic E-state index is -0.216. The fraction of sp³-hybridized carbons (Fsp3) is 0.133. The van der Waals surface area contributed by atoms with Gasteiger partial charge in [-0.15, -0.1) is 11.3 Å². The van der Waals surface area contributed by atoms with E-state index in [-0.39, 0.29) is 18.4 Å². The molecule has 2 heterocycles. The van der Waals surface area contributed by atoms with Gasteiger partial charge in [0.05, 0.1) is 12.1 Å². The van der Waals surface area contributed by atoms with Crippen LogP contribution in [0.25, 0.3) is 22.0 Å². The van der Waals surface area contributed by atoms with Crippen molar-refractivity contribution in [2.24, 2.45) is 0 Å². The Bertz CT molecular complexity index is 1490. The number of aromatic amines is 1. The van der Waals surface area contributed by atoms with Crippen LogP contribution in [0.2, 0.25) is 0 Å². The molecule has 2 aromatic heterocycles. The Hall–Kier alpha value is -4.20. The van der Waals surface area contributed by atoms with Crippen molar-refractivity contribution >= 4 is 39.1 Å². The van der Waals surface area contributed by atoms with E-state index in [1.165, 1.54) is 22.3 Å². The summed E-state index contributed by atoms with van der Waals surface area (Å²) in [4.78, 5) is 29.4. The molecule has 0 saturated heterocycles. The first-order chi connectivity index (χ1) is 18.2. The second-order valence-corrected chi connectivity index (χ2v) is 9.60. The highest BCUT2D eigenvalue weighted by atomic mass is 32.1. The largest absolute Gasteiger partial charge is 0.361 e. The Labute approximate surface area is 219 Å². The van der Waals surface area contributed by atoms with E-state index in [0.717, 1.165) is 28.6 Å². The highest BCUT2D eigenvalue weighted by molar-refractivity contribution is 7.15. The minimum Gasteiger partial charge on any atom is -0.361 e. The maximum atomic E-state index is 13.3. The first-order valence-electron chi connectivity index (χ1n) is 12.2. The number of anilines is 1. The molecule has 7 heteroatoms. The van der Waals surface area contributed by atoms with Crippen molar-refractivity contribution in [3.63, 3.8) is 0 Å². The zero-order valence-corrected chi connectivity index (χ0v) is 21.1. The van der Waals surface area contributed by atoms with Crippen molar-refractivity contribution in [3.8, 4) is 11.1 Å². The molecule has 0 atom stereocenters. The molecule has 2 amide bonds. The van der Waals surface area contributed by atoms with Gasteiger partial charge in [-0.2, -0.15) is 0 Å². The van der Waals surface area contributed by atoms with Crippen LogP contribution in [-0.4, -0.2) is 29.9 Å². The Balaban J connectivity index is 1.23. The summed E-state index contributed by atoms with van der Waals surface area (Å²) in [5.74, 6) is -0.399. The van der Waals surface area contributed by atoms with E-state index in [4.69, 9.17) is 0 Å². The third kappa shape index (κ3) is 5.97.